The van der Waals surface area contributed by atoms with E-state index >= 15 is 0 Å². The third kappa shape index (κ3) is 1.69. The van der Waals surface area contributed by atoms with Crippen molar-refractivity contribution in [2.24, 2.45) is 5.73 Å². The molecule has 4 rings (SSSR count). The Morgan fingerprint density at radius 2 is 2.00 bits per heavy atom. The second-order valence-electron chi connectivity index (χ2n) is 5.87. The average Bonchev–Trinajstić information content (AvgIpc) is 2.99. The second-order valence-corrected chi connectivity index (χ2v) is 6.93. The maximum Gasteiger partial charge on any atom is 0.0969 e. The molecule has 2 aromatic rings. The van der Waals surface area contributed by atoms with Crippen LogP contribution in [0, 0.1) is 0 Å². The highest BCUT2D eigenvalue weighted by Gasteiger charge is 2.32. The molecular formula is C15H18N2S. The number of nitrogens with zero attached hydrogens (tertiary/aromatic N) is 1. The summed E-state index contributed by atoms with van der Waals surface area (Å²) in [4.78, 5) is 4.74. The highest BCUT2D eigenvalue weighted by molar-refractivity contribution is 7.18. The molecule has 94 valence electrons. The third-order valence-electron chi connectivity index (χ3n) is 4.40. The standard InChI is InChI=1S/C15H18N2S/c16-15(7-1-2-8-15)11-5-6-12-13(9-11)18-14(17-12)10-3-4-10/h5-6,9-10H,1-4,7-8,16H2. The van der Waals surface area contributed by atoms with Gasteiger partial charge >= 0.3 is 0 Å². The van der Waals surface area contributed by atoms with Crippen LogP contribution in [0.25, 0.3) is 10.2 Å². The van der Waals surface area contributed by atoms with Crippen molar-refractivity contribution < 1.29 is 0 Å². The van der Waals surface area contributed by atoms with Gasteiger partial charge in [0.25, 0.3) is 0 Å². The van der Waals surface area contributed by atoms with Crippen molar-refractivity contribution in [3.05, 3.63) is 28.8 Å². The summed E-state index contributed by atoms with van der Waals surface area (Å²) >= 11 is 1.87. The first kappa shape index (κ1) is 10.9. The molecule has 0 radical (unpaired) electrons. The van der Waals surface area contributed by atoms with Crippen molar-refractivity contribution in [2.45, 2.75) is 50.0 Å². The average molecular weight is 258 g/mol. The fraction of sp³-hybridized carbons (Fsp3) is 0.533. The molecule has 0 spiro atoms. The Labute approximate surface area is 111 Å². The maximum absolute atomic E-state index is 6.53. The summed E-state index contributed by atoms with van der Waals surface area (Å²) in [6.45, 7) is 0. The van der Waals surface area contributed by atoms with Gasteiger partial charge < -0.3 is 5.73 Å². The summed E-state index contributed by atoms with van der Waals surface area (Å²) in [6.07, 6.45) is 7.45. The van der Waals surface area contributed by atoms with E-state index in [2.05, 4.69) is 18.2 Å². The van der Waals surface area contributed by atoms with Crippen LogP contribution < -0.4 is 5.73 Å². The number of rotatable bonds is 2. The van der Waals surface area contributed by atoms with Crippen molar-refractivity contribution in [3.8, 4) is 0 Å². The SMILES string of the molecule is NC1(c2ccc3nc(C4CC4)sc3c2)CCCC1. The number of nitrogens with two attached hydrogens (primary N) is 1. The lowest BCUT2D eigenvalue weighted by Gasteiger charge is -2.23. The van der Waals surface area contributed by atoms with Gasteiger partial charge in [0.2, 0.25) is 0 Å². The van der Waals surface area contributed by atoms with E-state index in [1.807, 2.05) is 11.3 Å². The molecule has 0 aliphatic heterocycles. The van der Waals surface area contributed by atoms with E-state index in [4.69, 9.17) is 10.7 Å². The number of hydrogen-bond donors (Lipinski definition) is 1. The Hall–Kier alpha value is -0.930. The number of hydrogen-bond acceptors (Lipinski definition) is 3. The normalized spacial score (nSPS) is 22.7. The van der Waals surface area contributed by atoms with Gasteiger partial charge in [0.05, 0.1) is 15.2 Å². The molecule has 2 N–H and O–H groups in total. The van der Waals surface area contributed by atoms with Gasteiger partial charge in [-0.25, -0.2) is 4.98 Å². The molecule has 1 aromatic carbocycles. The molecule has 3 heteroatoms. The molecule has 1 heterocycles. The van der Waals surface area contributed by atoms with Crippen LogP contribution in [0.3, 0.4) is 0 Å². The van der Waals surface area contributed by atoms with E-state index < -0.39 is 0 Å². The van der Waals surface area contributed by atoms with Crippen molar-refractivity contribution in [1.29, 1.82) is 0 Å². The lowest BCUT2D eigenvalue weighted by molar-refractivity contribution is 0.462. The summed E-state index contributed by atoms with van der Waals surface area (Å²) < 4.78 is 1.33. The zero-order valence-electron chi connectivity index (χ0n) is 10.5. The van der Waals surface area contributed by atoms with Crippen LogP contribution >= 0.6 is 11.3 Å². The molecule has 0 amide bonds. The predicted molar refractivity (Wildman–Crippen MR) is 75.9 cm³/mol. The quantitative estimate of drug-likeness (QED) is 0.887. The van der Waals surface area contributed by atoms with Gasteiger partial charge in [-0.15, -0.1) is 11.3 Å². The summed E-state index contributed by atoms with van der Waals surface area (Å²) in [5.74, 6) is 0.754. The molecular weight excluding hydrogens is 240 g/mol. The van der Waals surface area contributed by atoms with Crippen molar-refractivity contribution in [1.82, 2.24) is 4.98 Å². The summed E-state index contributed by atoms with van der Waals surface area (Å²) in [7, 11) is 0. The monoisotopic (exact) mass is 258 g/mol. The number of benzene rings is 1. The predicted octanol–water partition coefficient (Wildman–Crippen LogP) is 3.90. The highest BCUT2D eigenvalue weighted by Crippen LogP contribution is 2.44. The van der Waals surface area contributed by atoms with E-state index in [9.17, 15) is 0 Å². The van der Waals surface area contributed by atoms with Gasteiger partial charge in [-0.2, -0.15) is 0 Å². The summed E-state index contributed by atoms with van der Waals surface area (Å²) in [5, 5.41) is 1.33. The Kier molecular flexibility index (Phi) is 2.30. The summed E-state index contributed by atoms with van der Waals surface area (Å²) in [5.41, 5.74) is 8.94. The number of aromatic nitrogens is 1. The second kappa shape index (κ2) is 3.78. The fourth-order valence-electron chi connectivity index (χ4n) is 3.05. The van der Waals surface area contributed by atoms with E-state index in [0.29, 0.717) is 0 Å². The lowest BCUT2D eigenvalue weighted by atomic mass is 9.89. The van der Waals surface area contributed by atoms with E-state index in [1.165, 1.54) is 41.0 Å². The maximum atomic E-state index is 6.53. The Morgan fingerprint density at radius 1 is 1.22 bits per heavy atom. The minimum Gasteiger partial charge on any atom is -0.321 e. The van der Waals surface area contributed by atoms with Crippen LogP contribution in [-0.4, -0.2) is 4.98 Å². The van der Waals surface area contributed by atoms with Crippen LogP contribution in [0.4, 0.5) is 0 Å². The molecule has 2 fully saturated rings. The molecule has 18 heavy (non-hydrogen) atoms. The van der Waals surface area contributed by atoms with Crippen LogP contribution in [-0.2, 0) is 5.54 Å². The minimum atomic E-state index is -0.0715. The molecule has 2 aliphatic carbocycles. The number of fused-ring (bicyclic) bond motifs is 1. The minimum absolute atomic E-state index is 0.0715. The van der Waals surface area contributed by atoms with E-state index in [-0.39, 0.29) is 5.54 Å². The van der Waals surface area contributed by atoms with Gasteiger partial charge in [-0.3, -0.25) is 0 Å². The number of thiazole rings is 1. The highest BCUT2D eigenvalue weighted by atomic mass is 32.1. The third-order valence-corrected chi connectivity index (χ3v) is 5.58. The summed E-state index contributed by atoms with van der Waals surface area (Å²) in [6, 6.07) is 6.66. The van der Waals surface area contributed by atoms with Gasteiger partial charge in [-0.05, 0) is 43.4 Å². The van der Waals surface area contributed by atoms with Crippen LogP contribution in [0.2, 0.25) is 0 Å². The molecule has 2 saturated carbocycles. The zero-order valence-corrected chi connectivity index (χ0v) is 11.3. The van der Waals surface area contributed by atoms with Gasteiger partial charge in [0.1, 0.15) is 0 Å². The lowest BCUT2D eigenvalue weighted by Crippen LogP contribution is -2.32. The van der Waals surface area contributed by atoms with E-state index in [1.54, 1.807) is 0 Å². The first-order chi connectivity index (χ1) is 8.74. The van der Waals surface area contributed by atoms with Crippen molar-refractivity contribution in [2.75, 3.05) is 0 Å². The largest absolute Gasteiger partial charge is 0.321 e. The molecule has 2 aliphatic rings. The van der Waals surface area contributed by atoms with E-state index in [0.717, 1.165) is 24.3 Å². The molecule has 2 nitrogen and oxygen atoms in total. The van der Waals surface area contributed by atoms with Crippen molar-refractivity contribution >= 4 is 21.6 Å². The Morgan fingerprint density at radius 3 is 2.72 bits per heavy atom. The molecule has 0 atom stereocenters. The molecule has 1 aromatic heterocycles. The topological polar surface area (TPSA) is 38.9 Å². The fourth-order valence-corrected chi connectivity index (χ4v) is 4.23. The Balaban J connectivity index is 1.78. The first-order valence-electron chi connectivity index (χ1n) is 6.94. The molecule has 0 saturated heterocycles. The Bertz CT molecular complexity index is 592. The molecule has 0 bridgehead atoms. The van der Waals surface area contributed by atoms with Crippen LogP contribution in [0.1, 0.15) is 55.0 Å². The van der Waals surface area contributed by atoms with Gasteiger partial charge in [0.15, 0.2) is 0 Å². The van der Waals surface area contributed by atoms with Crippen molar-refractivity contribution in [3.63, 3.8) is 0 Å². The smallest absolute Gasteiger partial charge is 0.0969 e. The van der Waals surface area contributed by atoms with Gasteiger partial charge in [-0.1, -0.05) is 18.9 Å². The molecule has 0 unspecified atom stereocenters. The first-order valence-corrected chi connectivity index (χ1v) is 7.76. The van der Waals surface area contributed by atoms with Gasteiger partial charge in [0, 0.05) is 11.5 Å². The van der Waals surface area contributed by atoms with Crippen LogP contribution in [0.5, 0.6) is 0 Å². The van der Waals surface area contributed by atoms with Crippen LogP contribution in [0.15, 0.2) is 18.2 Å². The zero-order chi connectivity index (χ0) is 12.2.